The van der Waals surface area contributed by atoms with Gasteiger partial charge in [0.15, 0.2) is 0 Å². The zero-order valence-corrected chi connectivity index (χ0v) is 10.3. The first-order chi connectivity index (χ1) is 8.11. The van der Waals surface area contributed by atoms with Gasteiger partial charge < -0.3 is 14.9 Å². The minimum Gasteiger partial charge on any atom is -0.392 e. The average molecular weight is 234 g/mol. The molecule has 0 aliphatic carbocycles. The van der Waals surface area contributed by atoms with Gasteiger partial charge in [0.2, 0.25) is 5.91 Å². The summed E-state index contributed by atoms with van der Waals surface area (Å²) in [5.74, 6) is 0.126. The van der Waals surface area contributed by atoms with E-state index in [-0.39, 0.29) is 12.5 Å². The Balaban J connectivity index is 2.25. The predicted octanol–water partition coefficient (Wildman–Crippen LogP) is 0.766. The van der Waals surface area contributed by atoms with Crippen molar-refractivity contribution < 1.29 is 9.90 Å². The lowest BCUT2D eigenvalue weighted by molar-refractivity contribution is -0.129. The van der Waals surface area contributed by atoms with Crippen LogP contribution >= 0.6 is 0 Å². The van der Waals surface area contributed by atoms with E-state index in [0.717, 1.165) is 29.9 Å². The van der Waals surface area contributed by atoms with Gasteiger partial charge in [0.25, 0.3) is 0 Å². The Labute approximate surface area is 101 Å². The molecule has 1 aromatic carbocycles. The minimum atomic E-state index is 0.0115. The number of aryl methyl sites for hydroxylation is 1. The molecule has 0 unspecified atom stereocenters. The van der Waals surface area contributed by atoms with E-state index in [1.807, 2.05) is 37.1 Å². The maximum Gasteiger partial charge on any atom is 0.241 e. The van der Waals surface area contributed by atoms with Crippen molar-refractivity contribution in [2.75, 3.05) is 31.6 Å². The summed E-state index contributed by atoms with van der Waals surface area (Å²) in [4.78, 5) is 15.4. The topological polar surface area (TPSA) is 43.8 Å². The number of aliphatic hydroxyl groups excluding tert-OH is 1. The van der Waals surface area contributed by atoms with E-state index in [1.165, 1.54) is 0 Å². The van der Waals surface area contributed by atoms with E-state index in [0.29, 0.717) is 6.54 Å². The first kappa shape index (κ1) is 11.9. The van der Waals surface area contributed by atoms with Crippen LogP contribution in [0.15, 0.2) is 18.2 Å². The van der Waals surface area contributed by atoms with Crippen LogP contribution in [-0.2, 0) is 11.4 Å². The van der Waals surface area contributed by atoms with Crippen LogP contribution in [0, 0.1) is 6.92 Å². The smallest absolute Gasteiger partial charge is 0.241 e. The SMILES string of the molecule is Cc1ccc(N2CCN(C)C(=O)C2)c(CO)c1. The molecule has 4 nitrogen and oxygen atoms in total. The summed E-state index contributed by atoms with van der Waals surface area (Å²) in [5, 5.41) is 9.37. The molecule has 17 heavy (non-hydrogen) atoms. The van der Waals surface area contributed by atoms with Crippen molar-refractivity contribution in [1.82, 2.24) is 4.90 Å². The molecule has 4 heteroatoms. The Kier molecular flexibility index (Phi) is 3.33. The number of hydrogen-bond donors (Lipinski definition) is 1. The number of carbonyl (C=O) groups excluding carboxylic acids is 1. The summed E-state index contributed by atoms with van der Waals surface area (Å²) in [6.07, 6.45) is 0. The maximum atomic E-state index is 11.7. The zero-order valence-electron chi connectivity index (χ0n) is 10.3. The fourth-order valence-electron chi connectivity index (χ4n) is 2.11. The van der Waals surface area contributed by atoms with Crippen molar-refractivity contribution in [2.24, 2.45) is 0 Å². The molecule has 2 rings (SSSR count). The molecule has 0 spiro atoms. The Hall–Kier alpha value is -1.55. The van der Waals surface area contributed by atoms with Gasteiger partial charge in [-0.1, -0.05) is 17.7 Å². The molecule has 1 N–H and O–H groups in total. The normalized spacial score (nSPS) is 16.5. The van der Waals surface area contributed by atoms with E-state index in [1.54, 1.807) is 4.90 Å². The third-order valence-electron chi connectivity index (χ3n) is 3.20. The molecular weight excluding hydrogens is 216 g/mol. The number of benzene rings is 1. The van der Waals surface area contributed by atoms with Crippen LogP contribution in [0.1, 0.15) is 11.1 Å². The Morgan fingerprint density at radius 2 is 2.12 bits per heavy atom. The molecule has 1 fully saturated rings. The van der Waals surface area contributed by atoms with Crippen molar-refractivity contribution in [3.63, 3.8) is 0 Å². The largest absolute Gasteiger partial charge is 0.392 e. The lowest BCUT2D eigenvalue weighted by Gasteiger charge is -2.34. The molecule has 92 valence electrons. The van der Waals surface area contributed by atoms with Crippen LogP contribution in [0.4, 0.5) is 5.69 Å². The fraction of sp³-hybridized carbons (Fsp3) is 0.462. The quantitative estimate of drug-likeness (QED) is 0.822. The molecule has 1 amide bonds. The molecule has 1 saturated heterocycles. The highest BCUT2D eigenvalue weighted by molar-refractivity contribution is 5.83. The summed E-state index contributed by atoms with van der Waals surface area (Å²) in [6.45, 7) is 3.96. The van der Waals surface area contributed by atoms with Crippen LogP contribution in [0.3, 0.4) is 0 Å². The van der Waals surface area contributed by atoms with Crippen LogP contribution in [0.2, 0.25) is 0 Å². The van der Waals surface area contributed by atoms with E-state index >= 15 is 0 Å². The number of likely N-dealkylation sites (N-methyl/N-ethyl adjacent to an activating group) is 1. The average Bonchev–Trinajstić information content (AvgIpc) is 2.32. The number of aliphatic hydroxyl groups is 1. The lowest BCUT2D eigenvalue weighted by Crippen LogP contribution is -2.48. The monoisotopic (exact) mass is 234 g/mol. The molecule has 0 radical (unpaired) electrons. The predicted molar refractivity (Wildman–Crippen MR) is 67.0 cm³/mol. The summed E-state index contributed by atoms with van der Waals surface area (Å²) in [5.41, 5.74) is 2.99. The van der Waals surface area contributed by atoms with Crippen LogP contribution in [0.5, 0.6) is 0 Å². The van der Waals surface area contributed by atoms with Gasteiger partial charge >= 0.3 is 0 Å². The van der Waals surface area contributed by atoms with E-state index in [4.69, 9.17) is 0 Å². The van der Waals surface area contributed by atoms with Crippen LogP contribution in [0.25, 0.3) is 0 Å². The molecule has 1 aliphatic rings. The highest BCUT2D eigenvalue weighted by Gasteiger charge is 2.22. The lowest BCUT2D eigenvalue weighted by atomic mass is 10.1. The van der Waals surface area contributed by atoms with Crippen molar-refractivity contribution in [2.45, 2.75) is 13.5 Å². The second-order valence-corrected chi connectivity index (χ2v) is 4.53. The van der Waals surface area contributed by atoms with Crippen LogP contribution in [-0.4, -0.2) is 42.6 Å². The standard InChI is InChI=1S/C13H18N2O2/c1-10-3-4-12(11(7-10)9-16)15-6-5-14(2)13(17)8-15/h3-4,7,16H,5-6,8-9H2,1-2H3. The van der Waals surface area contributed by atoms with Crippen molar-refractivity contribution >= 4 is 11.6 Å². The summed E-state index contributed by atoms with van der Waals surface area (Å²) in [6, 6.07) is 5.97. The molecule has 0 bridgehead atoms. The van der Waals surface area contributed by atoms with Gasteiger partial charge in [-0.05, 0) is 13.0 Å². The minimum absolute atomic E-state index is 0.0115. The van der Waals surface area contributed by atoms with E-state index in [2.05, 4.69) is 0 Å². The molecular formula is C13H18N2O2. The van der Waals surface area contributed by atoms with Gasteiger partial charge in [-0.25, -0.2) is 0 Å². The number of carbonyl (C=O) groups is 1. The number of piperazine rings is 1. The molecule has 0 atom stereocenters. The summed E-state index contributed by atoms with van der Waals surface area (Å²) < 4.78 is 0. The van der Waals surface area contributed by atoms with Gasteiger partial charge in [-0.2, -0.15) is 0 Å². The third-order valence-corrected chi connectivity index (χ3v) is 3.20. The number of anilines is 1. The molecule has 1 aromatic rings. The van der Waals surface area contributed by atoms with Gasteiger partial charge in [-0.15, -0.1) is 0 Å². The molecule has 0 aromatic heterocycles. The van der Waals surface area contributed by atoms with E-state index in [9.17, 15) is 9.90 Å². The Morgan fingerprint density at radius 1 is 1.35 bits per heavy atom. The zero-order chi connectivity index (χ0) is 12.4. The number of rotatable bonds is 2. The van der Waals surface area contributed by atoms with Gasteiger partial charge in [-0.3, -0.25) is 4.79 Å². The highest BCUT2D eigenvalue weighted by atomic mass is 16.3. The highest BCUT2D eigenvalue weighted by Crippen LogP contribution is 2.23. The Morgan fingerprint density at radius 3 is 2.76 bits per heavy atom. The summed E-state index contributed by atoms with van der Waals surface area (Å²) in [7, 11) is 1.82. The molecule has 1 heterocycles. The molecule has 0 saturated carbocycles. The summed E-state index contributed by atoms with van der Waals surface area (Å²) >= 11 is 0. The van der Waals surface area contributed by atoms with Gasteiger partial charge in [0.1, 0.15) is 0 Å². The molecule has 1 aliphatic heterocycles. The van der Waals surface area contributed by atoms with Crippen molar-refractivity contribution in [3.05, 3.63) is 29.3 Å². The Bertz CT molecular complexity index is 431. The number of hydrogen-bond acceptors (Lipinski definition) is 3. The van der Waals surface area contributed by atoms with Crippen molar-refractivity contribution in [1.29, 1.82) is 0 Å². The second-order valence-electron chi connectivity index (χ2n) is 4.53. The number of nitrogens with zero attached hydrogens (tertiary/aromatic N) is 2. The maximum absolute atomic E-state index is 11.7. The van der Waals surface area contributed by atoms with Crippen molar-refractivity contribution in [3.8, 4) is 0 Å². The van der Waals surface area contributed by atoms with Crippen LogP contribution < -0.4 is 4.90 Å². The second kappa shape index (κ2) is 4.75. The first-order valence-corrected chi connectivity index (χ1v) is 5.81. The van der Waals surface area contributed by atoms with Gasteiger partial charge in [0.05, 0.1) is 13.2 Å². The van der Waals surface area contributed by atoms with E-state index < -0.39 is 0 Å². The third kappa shape index (κ3) is 2.42. The number of amides is 1. The fourth-order valence-corrected chi connectivity index (χ4v) is 2.11. The van der Waals surface area contributed by atoms with Gasteiger partial charge in [0, 0.05) is 31.4 Å². The first-order valence-electron chi connectivity index (χ1n) is 5.81.